The van der Waals surface area contributed by atoms with Crippen molar-refractivity contribution in [2.75, 3.05) is 13.1 Å². The molecule has 2 unspecified atom stereocenters. The Morgan fingerprint density at radius 1 is 1.33 bits per heavy atom. The second kappa shape index (κ2) is 7.16. The minimum Gasteiger partial charge on any atom is -0.308 e. The van der Waals surface area contributed by atoms with Crippen molar-refractivity contribution in [3.8, 4) is 12.3 Å². The molecule has 1 N–H and O–H groups in total. The summed E-state index contributed by atoms with van der Waals surface area (Å²) >= 11 is 0. The van der Waals surface area contributed by atoms with Gasteiger partial charge in [-0.3, -0.25) is 4.90 Å². The monoisotopic (exact) mass is 250 g/mol. The first-order chi connectivity index (χ1) is 8.66. The molecule has 1 saturated heterocycles. The maximum atomic E-state index is 5.54. The van der Waals surface area contributed by atoms with Crippen LogP contribution < -0.4 is 5.32 Å². The summed E-state index contributed by atoms with van der Waals surface area (Å²) in [5.41, 5.74) is 0.299. The Balaban J connectivity index is 2.84. The SMILES string of the molecule is C#CCC(CC)N1CC(CC)(CC)NCC1CC. The third-order valence-electron chi connectivity index (χ3n) is 4.79. The quantitative estimate of drug-likeness (QED) is 0.729. The van der Waals surface area contributed by atoms with Crippen LogP contribution in [0.15, 0.2) is 0 Å². The van der Waals surface area contributed by atoms with Gasteiger partial charge in [0.15, 0.2) is 0 Å². The van der Waals surface area contributed by atoms with Crippen LogP contribution in [0.3, 0.4) is 0 Å². The lowest BCUT2D eigenvalue weighted by molar-refractivity contribution is 0.0347. The number of nitrogens with one attached hydrogen (secondary N) is 1. The Morgan fingerprint density at radius 3 is 2.44 bits per heavy atom. The van der Waals surface area contributed by atoms with Crippen molar-refractivity contribution < 1.29 is 0 Å². The smallest absolute Gasteiger partial charge is 0.0304 e. The molecule has 1 heterocycles. The van der Waals surface area contributed by atoms with E-state index in [1.807, 2.05) is 0 Å². The third kappa shape index (κ3) is 3.28. The molecule has 0 aliphatic carbocycles. The van der Waals surface area contributed by atoms with Crippen LogP contribution in [0.4, 0.5) is 0 Å². The summed E-state index contributed by atoms with van der Waals surface area (Å²) in [6.45, 7) is 11.4. The number of nitrogens with zero attached hydrogens (tertiary/aromatic N) is 1. The van der Waals surface area contributed by atoms with E-state index in [9.17, 15) is 0 Å². The lowest BCUT2D eigenvalue weighted by Gasteiger charge is -2.50. The lowest BCUT2D eigenvalue weighted by atomic mass is 9.86. The van der Waals surface area contributed by atoms with Crippen LogP contribution in [0.5, 0.6) is 0 Å². The molecular weight excluding hydrogens is 220 g/mol. The van der Waals surface area contributed by atoms with Crippen LogP contribution in [0.1, 0.15) is 59.8 Å². The highest BCUT2D eigenvalue weighted by atomic mass is 15.3. The number of rotatable bonds is 6. The molecule has 0 aromatic rings. The predicted octanol–water partition coefficient (Wildman–Crippen LogP) is 3.03. The topological polar surface area (TPSA) is 15.3 Å². The van der Waals surface area contributed by atoms with Crippen LogP contribution in [-0.2, 0) is 0 Å². The Bertz CT molecular complexity index is 275. The van der Waals surface area contributed by atoms with Crippen molar-refractivity contribution in [2.45, 2.75) is 77.4 Å². The molecule has 2 nitrogen and oxygen atoms in total. The van der Waals surface area contributed by atoms with E-state index in [-0.39, 0.29) is 0 Å². The molecule has 0 bridgehead atoms. The maximum absolute atomic E-state index is 5.54. The van der Waals surface area contributed by atoms with Crippen molar-refractivity contribution >= 4 is 0 Å². The Morgan fingerprint density at radius 2 is 2.00 bits per heavy atom. The zero-order chi connectivity index (χ0) is 13.6. The molecule has 104 valence electrons. The molecule has 1 aliphatic heterocycles. The summed E-state index contributed by atoms with van der Waals surface area (Å²) < 4.78 is 0. The van der Waals surface area contributed by atoms with Gasteiger partial charge in [-0.2, -0.15) is 0 Å². The maximum Gasteiger partial charge on any atom is 0.0304 e. The number of terminal acetylenes is 1. The molecule has 2 atom stereocenters. The van der Waals surface area contributed by atoms with Crippen molar-refractivity contribution in [1.82, 2.24) is 10.2 Å². The van der Waals surface area contributed by atoms with Gasteiger partial charge in [0.25, 0.3) is 0 Å². The van der Waals surface area contributed by atoms with E-state index in [4.69, 9.17) is 6.42 Å². The highest BCUT2D eigenvalue weighted by molar-refractivity contribution is 5.00. The Kier molecular flexibility index (Phi) is 6.18. The van der Waals surface area contributed by atoms with E-state index in [1.165, 1.54) is 19.3 Å². The summed E-state index contributed by atoms with van der Waals surface area (Å²) in [4.78, 5) is 2.68. The van der Waals surface area contributed by atoms with Crippen LogP contribution in [0, 0.1) is 12.3 Å². The second-order valence-corrected chi connectivity index (χ2v) is 5.57. The van der Waals surface area contributed by atoms with Crippen LogP contribution in [0.25, 0.3) is 0 Å². The fraction of sp³-hybridized carbons (Fsp3) is 0.875. The molecule has 0 saturated carbocycles. The highest BCUT2D eigenvalue weighted by Crippen LogP contribution is 2.27. The van der Waals surface area contributed by atoms with E-state index in [2.05, 4.69) is 43.8 Å². The first kappa shape index (κ1) is 15.5. The number of piperazine rings is 1. The minimum atomic E-state index is 0.299. The van der Waals surface area contributed by atoms with Crippen LogP contribution >= 0.6 is 0 Å². The summed E-state index contributed by atoms with van der Waals surface area (Å²) in [7, 11) is 0. The fourth-order valence-corrected chi connectivity index (χ4v) is 3.15. The average molecular weight is 250 g/mol. The van der Waals surface area contributed by atoms with Gasteiger partial charge in [0.1, 0.15) is 0 Å². The molecule has 1 fully saturated rings. The van der Waals surface area contributed by atoms with Crippen molar-refractivity contribution in [3.05, 3.63) is 0 Å². The summed E-state index contributed by atoms with van der Waals surface area (Å²) in [5, 5.41) is 3.79. The van der Waals surface area contributed by atoms with Gasteiger partial charge in [0, 0.05) is 37.1 Å². The summed E-state index contributed by atoms with van der Waals surface area (Å²) in [6, 6.07) is 1.20. The predicted molar refractivity (Wildman–Crippen MR) is 79.6 cm³/mol. The van der Waals surface area contributed by atoms with Crippen molar-refractivity contribution in [1.29, 1.82) is 0 Å². The van der Waals surface area contributed by atoms with Crippen LogP contribution in [-0.4, -0.2) is 35.6 Å². The summed E-state index contributed by atoms with van der Waals surface area (Å²) in [6.07, 6.45) is 11.2. The van der Waals surface area contributed by atoms with E-state index in [0.29, 0.717) is 17.6 Å². The van der Waals surface area contributed by atoms with Gasteiger partial charge in [-0.1, -0.05) is 27.7 Å². The fourth-order valence-electron chi connectivity index (χ4n) is 3.15. The Hall–Kier alpha value is -0.520. The second-order valence-electron chi connectivity index (χ2n) is 5.57. The lowest BCUT2D eigenvalue weighted by Crippen LogP contribution is -2.65. The van der Waals surface area contributed by atoms with E-state index in [0.717, 1.165) is 25.9 Å². The molecular formula is C16H30N2. The van der Waals surface area contributed by atoms with Gasteiger partial charge < -0.3 is 5.32 Å². The molecule has 0 radical (unpaired) electrons. The van der Waals surface area contributed by atoms with E-state index < -0.39 is 0 Å². The average Bonchev–Trinajstić information content (AvgIpc) is 2.44. The summed E-state index contributed by atoms with van der Waals surface area (Å²) in [5.74, 6) is 2.86. The zero-order valence-electron chi connectivity index (χ0n) is 12.6. The zero-order valence-corrected chi connectivity index (χ0v) is 12.6. The van der Waals surface area contributed by atoms with Gasteiger partial charge in [-0.05, 0) is 25.7 Å². The van der Waals surface area contributed by atoms with Gasteiger partial charge in [0.2, 0.25) is 0 Å². The van der Waals surface area contributed by atoms with Gasteiger partial charge in [-0.15, -0.1) is 12.3 Å². The number of hydrogen-bond acceptors (Lipinski definition) is 2. The molecule has 1 aliphatic rings. The van der Waals surface area contributed by atoms with Gasteiger partial charge >= 0.3 is 0 Å². The molecule has 18 heavy (non-hydrogen) atoms. The van der Waals surface area contributed by atoms with Gasteiger partial charge in [-0.25, -0.2) is 0 Å². The molecule has 0 amide bonds. The normalized spacial score (nSPS) is 25.6. The first-order valence-corrected chi connectivity index (χ1v) is 7.60. The molecule has 0 aromatic heterocycles. The molecule has 2 heteroatoms. The molecule has 0 aromatic carbocycles. The van der Waals surface area contributed by atoms with Crippen molar-refractivity contribution in [3.63, 3.8) is 0 Å². The van der Waals surface area contributed by atoms with Crippen molar-refractivity contribution in [2.24, 2.45) is 0 Å². The largest absolute Gasteiger partial charge is 0.308 e. The number of hydrogen-bond donors (Lipinski definition) is 1. The van der Waals surface area contributed by atoms with E-state index in [1.54, 1.807) is 0 Å². The van der Waals surface area contributed by atoms with Gasteiger partial charge in [0.05, 0.1) is 0 Å². The third-order valence-corrected chi connectivity index (χ3v) is 4.79. The van der Waals surface area contributed by atoms with Crippen LogP contribution in [0.2, 0.25) is 0 Å². The standard InChI is InChI=1S/C16H30N2/c1-6-11-14(7-2)18-13-16(9-4,10-5)17-12-15(18)8-3/h1,14-15,17H,7-13H2,2-5H3. The highest BCUT2D eigenvalue weighted by Gasteiger charge is 2.38. The minimum absolute atomic E-state index is 0.299. The molecule has 1 rings (SSSR count). The first-order valence-electron chi connectivity index (χ1n) is 7.60. The molecule has 0 spiro atoms. The Labute approximate surface area is 114 Å². The van der Waals surface area contributed by atoms with E-state index >= 15 is 0 Å².